The molecule has 7 nitrogen and oxygen atoms in total. The van der Waals surface area contributed by atoms with Gasteiger partial charge in [-0.2, -0.15) is 0 Å². The number of carbonyl (C=O) groups is 1. The number of hydrogen-bond donors (Lipinski definition) is 0. The van der Waals surface area contributed by atoms with Crippen molar-refractivity contribution < 1.29 is 4.79 Å². The SMILES string of the molecule is O=C(c1cn(C2CCCCC2)nn1)N1CCN(c2ccc(Cl)cn2)CC1. The van der Waals surface area contributed by atoms with Crippen LogP contribution in [-0.4, -0.2) is 57.0 Å². The first-order chi connectivity index (χ1) is 12.7. The first kappa shape index (κ1) is 17.3. The van der Waals surface area contributed by atoms with Crippen LogP contribution in [0.2, 0.25) is 5.02 Å². The van der Waals surface area contributed by atoms with Crippen molar-refractivity contribution in [3.8, 4) is 0 Å². The van der Waals surface area contributed by atoms with Gasteiger partial charge in [0.05, 0.1) is 17.3 Å². The fourth-order valence-electron chi connectivity index (χ4n) is 3.75. The quantitative estimate of drug-likeness (QED) is 0.826. The van der Waals surface area contributed by atoms with Crippen molar-refractivity contribution in [2.75, 3.05) is 31.1 Å². The molecule has 0 spiro atoms. The molecule has 1 saturated carbocycles. The summed E-state index contributed by atoms with van der Waals surface area (Å²) >= 11 is 5.89. The van der Waals surface area contributed by atoms with Gasteiger partial charge < -0.3 is 9.80 Å². The van der Waals surface area contributed by atoms with E-state index in [0.29, 0.717) is 29.8 Å². The van der Waals surface area contributed by atoms with E-state index in [4.69, 9.17) is 11.6 Å². The van der Waals surface area contributed by atoms with E-state index in [1.54, 1.807) is 6.20 Å². The van der Waals surface area contributed by atoms with Gasteiger partial charge in [0, 0.05) is 32.4 Å². The Kier molecular flexibility index (Phi) is 5.06. The lowest BCUT2D eigenvalue weighted by Gasteiger charge is -2.35. The van der Waals surface area contributed by atoms with Crippen molar-refractivity contribution in [2.24, 2.45) is 0 Å². The summed E-state index contributed by atoms with van der Waals surface area (Å²) in [6.45, 7) is 2.80. The molecule has 1 aliphatic carbocycles. The van der Waals surface area contributed by atoms with Gasteiger partial charge in [0.15, 0.2) is 5.69 Å². The molecule has 0 N–H and O–H groups in total. The number of piperazine rings is 1. The minimum atomic E-state index is -0.0317. The molecule has 2 aliphatic rings. The first-order valence-corrected chi connectivity index (χ1v) is 9.66. The van der Waals surface area contributed by atoms with E-state index in [-0.39, 0.29) is 5.91 Å². The number of hydrogen-bond acceptors (Lipinski definition) is 5. The van der Waals surface area contributed by atoms with E-state index in [0.717, 1.165) is 31.7 Å². The summed E-state index contributed by atoms with van der Waals surface area (Å²) in [5.41, 5.74) is 0.452. The lowest BCUT2D eigenvalue weighted by Crippen LogP contribution is -2.49. The third kappa shape index (κ3) is 3.67. The van der Waals surface area contributed by atoms with Crippen molar-refractivity contribution in [1.29, 1.82) is 0 Å². The van der Waals surface area contributed by atoms with Crippen molar-refractivity contribution in [3.63, 3.8) is 0 Å². The lowest BCUT2D eigenvalue weighted by molar-refractivity contribution is 0.0740. The van der Waals surface area contributed by atoms with Gasteiger partial charge in [-0.05, 0) is 25.0 Å². The smallest absolute Gasteiger partial charge is 0.276 e. The second kappa shape index (κ2) is 7.61. The molecule has 26 heavy (non-hydrogen) atoms. The monoisotopic (exact) mass is 374 g/mol. The van der Waals surface area contributed by atoms with E-state index in [9.17, 15) is 4.79 Å². The van der Waals surface area contributed by atoms with Crippen LogP contribution in [0.25, 0.3) is 0 Å². The maximum atomic E-state index is 12.7. The van der Waals surface area contributed by atoms with Crippen LogP contribution in [0.4, 0.5) is 5.82 Å². The summed E-state index contributed by atoms with van der Waals surface area (Å²) in [5, 5.41) is 8.98. The fourth-order valence-corrected chi connectivity index (χ4v) is 3.87. The number of rotatable bonds is 3. The lowest BCUT2D eigenvalue weighted by atomic mass is 9.96. The van der Waals surface area contributed by atoms with E-state index >= 15 is 0 Å². The molecular weight excluding hydrogens is 352 g/mol. The Balaban J connectivity index is 1.36. The average molecular weight is 375 g/mol. The molecule has 3 heterocycles. The van der Waals surface area contributed by atoms with Gasteiger partial charge >= 0.3 is 0 Å². The zero-order chi connectivity index (χ0) is 17.9. The molecule has 1 aliphatic heterocycles. The van der Waals surface area contributed by atoms with E-state index in [1.807, 2.05) is 27.9 Å². The van der Waals surface area contributed by atoms with E-state index in [2.05, 4.69) is 20.2 Å². The molecule has 8 heteroatoms. The van der Waals surface area contributed by atoms with Crippen LogP contribution in [0, 0.1) is 0 Å². The highest BCUT2D eigenvalue weighted by Gasteiger charge is 2.26. The molecule has 138 valence electrons. The second-order valence-electron chi connectivity index (χ2n) is 6.99. The Bertz CT molecular complexity index is 747. The van der Waals surface area contributed by atoms with Gasteiger partial charge in [-0.25, -0.2) is 9.67 Å². The maximum Gasteiger partial charge on any atom is 0.276 e. The molecule has 0 aromatic carbocycles. The van der Waals surface area contributed by atoms with Crippen molar-refractivity contribution in [2.45, 2.75) is 38.1 Å². The van der Waals surface area contributed by atoms with Gasteiger partial charge in [0.2, 0.25) is 0 Å². The molecule has 0 bridgehead atoms. The highest BCUT2D eigenvalue weighted by molar-refractivity contribution is 6.30. The molecule has 1 saturated heterocycles. The van der Waals surface area contributed by atoms with E-state index < -0.39 is 0 Å². The predicted octanol–water partition coefficient (Wildman–Crippen LogP) is 2.79. The zero-order valence-corrected chi connectivity index (χ0v) is 15.5. The van der Waals surface area contributed by atoms with Gasteiger partial charge in [0.25, 0.3) is 5.91 Å². The molecule has 0 unspecified atom stereocenters. The van der Waals surface area contributed by atoms with Crippen LogP contribution in [-0.2, 0) is 0 Å². The van der Waals surface area contributed by atoms with Crippen LogP contribution < -0.4 is 4.90 Å². The first-order valence-electron chi connectivity index (χ1n) is 9.28. The van der Waals surface area contributed by atoms with Gasteiger partial charge in [0.1, 0.15) is 5.82 Å². The van der Waals surface area contributed by atoms with Gasteiger partial charge in [-0.15, -0.1) is 5.10 Å². The molecule has 1 amide bonds. The fraction of sp³-hybridized carbons (Fsp3) is 0.556. The highest BCUT2D eigenvalue weighted by atomic mass is 35.5. The molecule has 4 rings (SSSR count). The number of nitrogens with zero attached hydrogens (tertiary/aromatic N) is 6. The maximum absolute atomic E-state index is 12.7. The van der Waals surface area contributed by atoms with Crippen LogP contribution in [0.1, 0.15) is 48.6 Å². The normalized spacial score (nSPS) is 19.0. The minimum Gasteiger partial charge on any atom is -0.353 e. The molecule has 2 fully saturated rings. The number of carbonyl (C=O) groups excluding carboxylic acids is 1. The highest BCUT2D eigenvalue weighted by Crippen LogP contribution is 2.27. The number of anilines is 1. The van der Waals surface area contributed by atoms with Crippen molar-refractivity contribution >= 4 is 23.3 Å². The summed E-state index contributed by atoms with van der Waals surface area (Å²) in [4.78, 5) is 21.1. The van der Waals surface area contributed by atoms with Crippen molar-refractivity contribution in [1.82, 2.24) is 24.9 Å². The summed E-state index contributed by atoms with van der Waals surface area (Å²) in [7, 11) is 0. The third-order valence-electron chi connectivity index (χ3n) is 5.28. The van der Waals surface area contributed by atoms with Crippen LogP contribution in [0.15, 0.2) is 24.5 Å². The minimum absolute atomic E-state index is 0.0317. The topological polar surface area (TPSA) is 67.2 Å². The summed E-state index contributed by atoms with van der Waals surface area (Å²) in [5.74, 6) is 0.862. The largest absolute Gasteiger partial charge is 0.353 e. The number of pyridine rings is 1. The Labute approximate surface area is 157 Å². The molecular formula is C18H23ClN6O. The summed E-state index contributed by atoms with van der Waals surface area (Å²) < 4.78 is 1.89. The van der Waals surface area contributed by atoms with Gasteiger partial charge in [-0.3, -0.25) is 4.79 Å². The zero-order valence-electron chi connectivity index (χ0n) is 14.7. The summed E-state index contributed by atoms with van der Waals surface area (Å²) in [6.07, 6.45) is 9.49. The Morgan fingerprint density at radius 1 is 1.08 bits per heavy atom. The van der Waals surface area contributed by atoms with Crippen LogP contribution >= 0.6 is 11.6 Å². The van der Waals surface area contributed by atoms with Crippen molar-refractivity contribution in [3.05, 3.63) is 35.2 Å². The Morgan fingerprint density at radius 3 is 2.54 bits per heavy atom. The molecule has 0 radical (unpaired) electrons. The average Bonchev–Trinajstić information content (AvgIpc) is 3.19. The number of amides is 1. The van der Waals surface area contributed by atoms with Crippen LogP contribution in [0.3, 0.4) is 0 Å². The third-order valence-corrected chi connectivity index (χ3v) is 5.50. The molecule has 2 aromatic heterocycles. The van der Waals surface area contributed by atoms with Gasteiger partial charge in [-0.1, -0.05) is 36.1 Å². The second-order valence-corrected chi connectivity index (χ2v) is 7.43. The number of aromatic nitrogens is 4. The van der Waals surface area contributed by atoms with Crippen LogP contribution in [0.5, 0.6) is 0 Å². The Hall–Kier alpha value is -2.15. The standard InChI is InChI=1S/C18H23ClN6O/c19-14-6-7-17(20-12-14)23-8-10-24(11-9-23)18(26)16-13-25(22-21-16)15-4-2-1-3-5-15/h6-7,12-13,15H,1-5,8-11H2. The number of halogens is 1. The predicted molar refractivity (Wildman–Crippen MR) is 99.5 cm³/mol. The Morgan fingerprint density at radius 2 is 1.85 bits per heavy atom. The molecule has 2 aromatic rings. The summed E-state index contributed by atoms with van der Waals surface area (Å²) in [6, 6.07) is 4.14. The molecule has 0 atom stereocenters. The van der Waals surface area contributed by atoms with E-state index in [1.165, 1.54) is 19.3 Å².